The molecule has 1 saturated heterocycles. The highest BCUT2D eigenvalue weighted by Gasteiger charge is 2.20. The Morgan fingerprint density at radius 2 is 2.00 bits per heavy atom. The van der Waals surface area contributed by atoms with Crippen LogP contribution in [0.2, 0.25) is 0 Å². The Kier molecular flexibility index (Phi) is 5.37. The first-order chi connectivity index (χ1) is 11.7. The summed E-state index contributed by atoms with van der Waals surface area (Å²) >= 11 is 0. The van der Waals surface area contributed by atoms with Crippen molar-refractivity contribution >= 4 is 5.95 Å². The van der Waals surface area contributed by atoms with E-state index in [1.165, 1.54) is 0 Å². The van der Waals surface area contributed by atoms with E-state index in [0.29, 0.717) is 18.3 Å². The molecule has 3 rings (SSSR count). The first-order valence-electron chi connectivity index (χ1n) is 8.27. The maximum Gasteiger partial charge on any atom is 0.240 e. The number of hydrogen-bond donors (Lipinski definition) is 0. The van der Waals surface area contributed by atoms with Crippen molar-refractivity contribution in [2.45, 2.75) is 32.9 Å². The molecule has 2 aromatic heterocycles. The van der Waals surface area contributed by atoms with Crippen molar-refractivity contribution in [3.63, 3.8) is 0 Å². The Balaban J connectivity index is 1.57. The van der Waals surface area contributed by atoms with Crippen molar-refractivity contribution in [1.82, 2.24) is 25.0 Å². The van der Waals surface area contributed by atoms with Crippen LogP contribution in [0.1, 0.15) is 36.7 Å². The molecular weight excluding hydrogens is 308 g/mol. The molecule has 3 heterocycles. The molecule has 8 nitrogen and oxygen atoms in total. The quantitative estimate of drug-likeness (QED) is 0.816. The van der Waals surface area contributed by atoms with Crippen molar-refractivity contribution in [2.75, 3.05) is 38.2 Å². The fraction of sp³-hybridized carbons (Fsp3) is 0.625. The highest BCUT2D eigenvalue weighted by Crippen LogP contribution is 2.15. The van der Waals surface area contributed by atoms with Gasteiger partial charge in [0.15, 0.2) is 5.82 Å². The van der Waals surface area contributed by atoms with Gasteiger partial charge in [-0.2, -0.15) is 4.98 Å². The van der Waals surface area contributed by atoms with Crippen LogP contribution in [-0.4, -0.2) is 58.3 Å². The molecule has 1 aliphatic rings. The van der Waals surface area contributed by atoms with Crippen LogP contribution in [0.4, 0.5) is 5.95 Å². The van der Waals surface area contributed by atoms with Crippen LogP contribution in [0.15, 0.2) is 16.9 Å². The van der Waals surface area contributed by atoms with Gasteiger partial charge in [0.2, 0.25) is 11.8 Å². The summed E-state index contributed by atoms with van der Waals surface area (Å²) in [6.07, 6.45) is 4.62. The molecule has 0 amide bonds. The Hall–Kier alpha value is -2.06. The van der Waals surface area contributed by atoms with E-state index in [2.05, 4.69) is 29.9 Å². The van der Waals surface area contributed by atoms with E-state index < -0.39 is 0 Å². The molecule has 0 bridgehead atoms. The number of anilines is 1. The van der Waals surface area contributed by atoms with Crippen molar-refractivity contribution in [3.8, 4) is 0 Å². The van der Waals surface area contributed by atoms with Gasteiger partial charge in [-0.05, 0) is 25.8 Å². The number of nitrogens with zero attached hydrogens (tertiary/aromatic N) is 6. The van der Waals surface area contributed by atoms with E-state index >= 15 is 0 Å². The summed E-state index contributed by atoms with van der Waals surface area (Å²) in [6, 6.07) is 0. The molecule has 2 aromatic rings. The number of aromatic nitrogens is 4. The average molecular weight is 332 g/mol. The molecule has 0 spiro atoms. The first-order valence-corrected chi connectivity index (χ1v) is 8.27. The molecule has 0 saturated carbocycles. The van der Waals surface area contributed by atoms with Gasteiger partial charge in [0.05, 0.1) is 6.54 Å². The fourth-order valence-corrected chi connectivity index (χ4v) is 2.67. The highest BCUT2D eigenvalue weighted by molar-refractivity contribution is 5.29. The van der Waals surface area contributed by atoms with E-state index in [0.717, 1.165) is 44.1 Å². The summed E-state index contributed by atoms with van der Waals surface area (Å²) in [4.78, 5) is 17.8. The van der Waals surface area contributed by atoms with Crippen molar-refractivity contribution < 1.29 is 9.26 Å². The predicted molar refractivity (Wildman–Crippen MR) is 88.6 cm³/mol. The average Bonchev–Trinajstić information content (AvgIpc) is 2.93. The molecule has 1 aliphatic heterocycles. The molecule has 24 heavy (non-hydrogen) atoms. The highest BCUT2D eigenvalue weighted by atomic mass is 16.5. The van der Waals surface area contributed by atoms with Crippen LogP contribution >= 0.6 is 0 Å². The number of rotatable bonds is 5. The summed E-state index contributed by atoms with van der Waals surface area (Å²) in [5.41, 5.74) is 1.08. The summed E-state index contributed by atoms with van der Waals surface area (Å²) in [6.45, 7) is 8.30. The lowest BCUT2D eigenvalue weighted by Crippen LogP contribution is -2.31. The Morgan fingerprint density at radius 1 is 1.21 bits per heavy atom. The lowest BCUT2D eigenvalue weighted by molar-refractivity contribution is 0.109. The summed E-state index contributed by atoms with van der Waals surface area (Å²) in [7, 11) is 1.64. The molecule has 1 atom stereocenters. The minimum Gasteiger partial charge on any atom is -0.374 e. The van der Waals surface area contributed by atoms with E-state index in [1.807, 2.05) is 26.2 Å². The standard InChI is InChI=1S/C16H24N6O2/c1-12-9-17-16(18-10-12)22-6-4-5-21(7-8-22)11-14-19-15(20-24-14)13(2)23-3/h9-10,13H,4-8,11H2,1-3H3. The smallest absolute Gasteiger partial charge is 0.240 e. The second-order valence-corrected chi connectivity index (χ2v) is 6.10. The third-order valence-corrected chi connectivity index (χ3v) is 4.20. The molecule has 1 unspecified atom stereocenters. The summed E-state index contributed by atoms with van der Waals surface area (Å²) < 4.78 is 10.5. The van der Waals surface area contributed by atoms with Crippen molar-refractivity contribution in [3.05, 3.63) is 29.7 Å². The molecule has 0 radical (unpaired) electrons. The number of aryl methyl sites for hydroxylation is 1. The Bertz CT molecular complexity index is 644. The molecule has 0 aliphatic carbocycles. The van der Waals surface area contributed by atoms with Gasteiger partial charge in [0.25, 0.3) is 0 Å². The van der Waals surface area contributed by atoms with Gasteiger partial charge in [-0.1, -0.05) is 5.16 Å². The van der Waals surface area contributed by atoms with Gasteiger partial charge in [-0.15, -0.1) is 0 Å². The van der Waals surface area contributed by atoms with E-state index in [9.17, 15) is 0 Å². The predicted octanol–water partition coefficient (Wildman–Crippen LogP) is 1.59. The fourth-order valence-electron chi connectivity index (χ4n) is 2.67. The van der Waals surface area contributed by atoms with Gasteiger partial charge in [0, 0.05) is 45.7 Å². The number of methoxy groups -OCH3 is 1. The zero-order chi connectivity index (χ0) is 16.9. The normalized spacial score (nSPS) is 17.7. The maximum absolute atomic E-state index is 5.33. The monoisotopic (exact) mass is 332 g/mol. The zero-order valence-corrected chi connectivity index (χ0v) is 14.5. The summed E-state index contributed by atoms with van der Waals surface area (Å²) in [5.74, 6) is 2.03. The van der Waals surface area contributed by atoms with Crippen LogP contribution in [0.3, 0.4) is 0 Å². The molecule has 0 aromatic carbocycles. The first kappa shape index (κ1) is 16.8. The van der Waals surface area contributed by atoms with Gasteiger partial charge in [-0.3, -0.25) is 4.90 Å². The minimum atomic E-state index is -0.152. The van der Waals surface area contributed by atoms with Crippen LogP contribution < -0.4 is 4.90 Å². The largest absolute Gasteiger partial charge is 0.374 e. The van der Waals surface area contributed by atoms with Crippen LogP contribution in [0, 0.1) is 6.92 Å². The van der Waals surface area contributed by atoms with E-state index in [1.54, 1.807) is 7.11 Å². The Morgan fingerprint density at radius 3 is 2.75 bits per heavy atom. The van der Waals surface area contributed by atoms with Crippen LogP contribution in [0.5, 0.6) is 0 Å². The zero-order valence-electron chi connectivity index (χ0n) is 14.5. The maximum atomic E-state index is 5.33. The second-order valence-electron chi connectivity index (χ2n) is 6.10. The third-order valence-electron chi connectivity index (χ3n) is 4.20. The molecule has 0 N–H and O–H groups in total. The van der Waals surface area contributed by atoms with Crippen molar-refractivity contribution in [1.29, 1.82) is 0 Å². The number of hydrogen-bond acceptors (Lipinski definition) is 8. The second kappa shape index (κ2) is 7.67. The minimum absolute atomic E-state index is 0.152. The van der Waals surface area contributed by atoms with Gasteiger partial charge >= 0.3 is 0 Å². The SMILES string of the molecule is COC(C)c1noc(CN2CCCN(c3ncc(C)cn3)CC2)n1. The topological polar surface area (TPSA) is 80.4 Å². The van der Waals surface area contributed by atoms with Gasteiger partial charge in [0.1, 0.15) is 6.10 Å². The van der Waals surface area contributed by atoms with E-state index in [4.69, 9.17) is 9.26 Å². The molecular formula is C16H24N6O2. The summed E-state index contributed by atoms with van der Waals surface area (Å²) in [5, 5.41) is 3.98. The van der Waals surface area contributed by atoms with E-state index in [-0.39, 0.29) is 6.10 Å². The molecule has 8 heteroatoms. The lowest BCUT2D eigenvalue weighted by Gasteiger charge is -2.20. The Labute approximate surface area is 141 Å². The van der Waals surface area contributed by atoms with Crippen LogP contribution in [-0.2, 0) is 11.3 Å². The van der Waals surface area contributed by atoms with Crippen LogP contribution in [0.25, 0.3) is 0 Å². The number of ether oxygens (including phenoxy) is 1. The van der Waals surface area contributed by atoms with Crippen molar-refractivity contribution in [2.24, 2.45) is 0 Å². The third kappa shape index (κ3) is 4.07. The molecule has 1 fully saturated rings. The van der Waals surface area contributed by atoms with Gasteiger partial charge < -0.3 is 14.2 Å². The molecule has 130 valence electrons. The van der Waals surface area contributed by atoms with Gasteiger partial charge in [-0.25, -0.2) is 9.97 Å². The lowest BCUT2D eigenvalue weighted by atomic mass is 10.3.